The summed E-state index contributed by atoms with van der Waals surface area (Å²) in [4.78, 5) is 13.3. The van der Waals surface area contributed by atoms with Gasteiger partial charge in [0, 0.05) is 25.7 Å². The second-order valence-electron chi connectivity index (χ2n) is 4.04. The number of ether oxygens (including phenoxy) is 1. The molecular weight excluding hydrogens is 340 g/mol. The second kappa shape index (κ2) is 7.19. The number of methoxy groups -OCH3 is 1. The van der Waals surface area contributed by atoms with Crippen LogP contribution in [-0.4, -0.2) is 49.3 Å². The van der Waals surface area contributed by atoms with E-state index in [2.05, 4.69) is 15.9 Å². The van der Waals surface area contributed by atoms with E-state index < -0.39 is 17.8 Å². The number of amides is 1. The van der Waals surface area contributed by atoms with Gasteiger partial charge in [-0.3, -0.25) is 4.79 Å². The Labute approximate surface area is 124 Å². The summed E-state index contributed by atoms with van der Waals surface area (Å²) >= 11 is 8.78. The number of rotatable bonds is 5. The van der Waals surface area contributed by atoms with Crippen LogP contribution in [0.25, 0.3) is 0 Å². The molecular formula is C12H14BrClFNO3. The number of halogens is 3. The molecule has 0 aliphatic carbocycles. The smallest absolute Gasteiger partial charge is 0.256 e. The van der Waals surface area contributed by atoms with Crippen LogP contribution in [0.4, 0.5) is 4.39 Å². The average Bonchev–Trinajstić information content (AvgIpc) is 2.33. The van der Waals surface area contributed by atoms with E-state index >= 15 is 0 Å². The van der Waals surface area contributed by atoms with Crippen LogP contribution in [0.2, 0.25) is 5.02 Å². The van der Waals surface area contributed by atoms with Crippen molar-refractivity contribution in [2.45, 2.75) is 6.10 Å². The van der Waals surface area contributed by atoms with Gasteiger partial charge in [0.1, 0.15) is 5.82 Å². The molecule has 106 valence electrons. The molecule has 1 N–H and O–H groups in total. The highest BCUT2D eigenvalue weighted by atomic mass is 79.9. The number of aliphatic hydroxyl groups excluding tert-OH is 1. The van der Waals surface area contributed by atoms with E-state index in [-0.39, 0.29) is 28.2 Å². The summed E-state index contributed by atoms with van der Waals surface area (Å²) in [6, 6.07) is 2.62. The van der Waals surface area contributed by atoms with Gasteiger partial charge in [-0.25, -0.2) is 4.39 Å². The SMILES string of the molecule is COC[C@H](O)CN(C)C(=O)c1cc(Cl)cc(Br)c1F. The summed E-state index contributed by atoms with van der Waals surface area (Å²) in [5, 5.41) is 9.80. The molecule has 0 aliphatic heterocycles. The van der Waals surface area contributed by atoms with Gasteiger partial charge < -0.3 is 14.7 Å². The number of hydrogen-bond donors (Lipinski definition) is 1. The van der Waals surface area contributed by atoms with Gasteiger partial charge in [0.2, 0.25) is 0 Å². The molecule has 19 heavy (non-hydrogen) atoms. The molecule has 0 heterocycles. The standard InChI is InChI=1S/C12H14BrClFNO3/c1-16(5-8(17)6-19-2)12(18)9-3-7(14)4-10(13)11(9)15/h3-4,8,17H,5-6H2,1-2H3/t8-/m1/s1. The third-order valence-electron chi connectivity index (χ3n) is 2.41. The molecule has 0 fully saturated rings. The third-order valence-corrected chi connectivity index (χ3v) is 3.21. The van der Waals surface area contributed by atoms with Crippen molar-refractivity contribution in [1.29, 1.82) is 0 Å². The largest absolute Gasteiger partial charge is 0.389 e. The van der Waals surface area contributed by atoms with Crippen molar-refractivity contribution in [3.63, 3.8) is 0 Å². The van der Waals surface area contributed by atoms with Gasteiger partial charge in [-0.15, -0.1) is 0 Å². The van der Waals surface area contributed by atoms with Crippen LogP contribution >= 0.6 is 27.5 Å². The predicted molar refractivity (Wildman–Crippen MR) is 74.0 cm³/mol. The van der Waals surface area contributed by atoms with E-state index in [4.69, 9.17) is 16.3 Å². The molecule has 1 aromatic carbocycles. The first kappa shape index (κ1) is 16.4. The van der Waals surface area contributed by atoms with Gasteiger partial charge in [-0.2, -0.15) is 0 Å². The molecule has 0 unspecified atom stereocenters. The minimum absolute atomic E-state index is 0.0379. The Morgan fingerprint density at radius 3 is 2.84 bits per heavy atom. The highest BCUT2D eigenvalue weighted by Gasteiger charge is 2.20. The fourth-order valence-corrected chi connectivity index (χ4v) is 2.37. The molecule has 0 aliphatic rings. The molecule has 0 spiro atoms. The summed E-state index contributed by atoms with van der Waals surface area (Å²) in [7, 11) is 2.91. The Hall–Kier alpha value is -0.690. The zero-order valence-electron chi connectivity index (χ0n) is 10.5. The Morgan fingerprint density at radius 1 is 1.63 bits per heavy atom. The number of nitrogens with zero attached hydrogens (tertiary/aromatic N) is 1. The third kappa shape index (κ3) is 4.42. The van der Waals surface area contributed by atoms with Crippen LogP contribution in [0.5, 0.6) is 0 Å². The second-order valence-corrected chi connectivity index (χ2v) is 5.33. The Morgan fingerprint density at radius 2 is 2.26 bits per heavy atom. The van der Waals surface area contributed by atoms with Crippen LogP contribution in [0, 0.1) is 5.82 Å². The van der Waals surface area contributed by atoms with Crippen molar-refractivity contribution < 1.29 is 19.0 Å². The van der Waals surface area contributed by atoms with E-state index in [1.807, 2.05) is 0 Å². The van der Waals surface area contributed by atoms with Crippen molar-refractivity contribution in [2.75, 3.05) is 27.3 Å². The highest BCUT2D eigenvalue weighted by molar-refractivity contribution is 9.10. The fraction of sp³-hybridized carbons (Fsp3) is 0.417. The van der Waals surface area contributed by atoms with Crippen LogP contribution in [-0.2, 0) is 4.74 Å². The lowest BCUT2D eigenvalue weighted by atomic mass is 10.2. The molecule has 4 nitrogen and oxygen atoms in total. The molecule has 0 radical (unpaired) electrons. The van der Waals surface area contributed by atoms with Gasteiger partial charge in [0.25, 0.3) is 5.91 Å². The molecule has 1 aromatic rings. The van der Waals surface area contributed by atoms with Crippen molar-refractivity contribution in [3.8, 4) is 0 Å². The van der Waals surface area contributed by atoms with Crippen molar-refractivity contribution >= 4 is 33.4 Å². The zero-order valence-corrected chi connectivity index (χ0v) is 12.8. The van der Waals surface area contributed by atoms with Gasteiger partial charge in [0.05, 0.1) is 22.7 Å². The lowest BCUT2D eigenvalue weighted by molar-refractivity contribution is 0.0378. The average molecular weight is 355 g/mol. The highest BCUT2D eigenvalue weighted by Crippen LogP contribution is 2.25. The van der Waals surface area contributed by atoms with Crippen molar-refractivity contribution in [2.24, 2.45) is 0 Å². The van der Waals surface area contributed by atoms with E-state index in [0.29, 0.717) is 0 Å². The van der Waals surface area contributed by atoms with E-state index in [0.717, 1.165) is 0 Å². The predicted octanol–water partition coefficient (Wildman–Crippen LogP) is 2.32. The summed E-state index contributed by atoms with van der Waals surface area (Å²) in [5.74, 6) is -1.24. The molecule has 1 rings (SSSR count). The maximum absolute atomic E-state index is 13.8. The van der Waals surface area contributed by atoms with Crippen LogP contribution in [0.15, 0.2) is 16.6 Å². The van der Waals surface area contributed by atoms with Crippen LogP contribution in [0.3, 0.4) is 0 Å². The minimum atomic E-state index is -0.829. The Kier molecular flexibility index (Phi) is 6.19. The number of carbonyl (C=O) groups excluding carboxylic acids is 1. The molecule has 0 aromatic heterocycles. The van der Waals surface area contributed by atoms with Crippen molar-refractivity contribution in [1.82, 2.24) is 4.90 Å². The number of likely N-dealkylation sites (N-methyl/N-ethyl adjacent to an activating group) is 1. The summed E-state index contributed by atoms with van der Waals surface area (Å²) in [6.45, 7) is 0.135. The fourth-order valence-electron chi connectivity index (χ4n) is 1.56. The van der Waals surface area contributed by atoms with Gasteiger partial charge in [0.15, 0.2) is 0 Å². The van der Waals surface area contributed by atoms with Gasteiger partial charge in [-0.1, -0.05) is 11.6 Å². The van der Waals surface area contributed by atoms with E-state index in [1.54, 1.807) is 0 Å². The first-order chi connectivity index (χ1) is 8.86. The van der Waals surface area contributed by atoms with Gasteiger partial charge in [-0.05, 0) is 28.1 Å². The molecule has 0 bridgehead atoms. The molecule has 7 heteroatoms. The number of hydrogen-bond acceptors (Lipinski definition) is 3. The molecule has 1 amide bonds. The molecule has 0 saturated carbocycles. The number of carbonyl (C=O) groups is 1. The Bertz CT molecular complexity index is 473. The van der Waals surface area contributed by atoms with Crippen LogP contribution in [0.1, 0.15) is 10.4 Å². The van der Waals surface area contributed by atoms with Gasteiger partial charge >= 0.3 is 0 Å². The van der Waals surface area contributed by atoms with E-state index in [9.17, 15) is 14.3 Å². The first-order valence-corrected chi connectivity index (χ1v) is 6.61. The molecule has 1 atom stereocenters. The first-order valence-electron chi connectivity index (χ1n) is 5.43. The van der Waals surface area contributed by atoms with E-state index in [1.165, 1.54) is 31.2 Å². The number of aliphatic hydroxyl groups is 1. The molecule has 0 saturated heterocycles. The monoisotopic (exact) mass is 353 g/mol. The Balaban J connectivity index is 2.88. The lowest BCUT2D eigenvalue weighted by Crippen LogP contribution is -2.36. The topological polar surface area (TPSA) is 49.8 Å². The zero-order chi connectivity index (χ0) is 14.6. The lowest BCUT2D eigenvalue weighted by Gasteiger charge is -2.21. The normalized spacial score (nSPS) is 12.3. The summed E-state index contributed by atoms with van der Waals surface area (Å²) in [5.41, 5.74) is -0.147. The summed E-state index contributed by atoms with van der Waals surface area (Å²) < 4.78 is 18.7. The maximum atomic E-state index is 13.8. The van der Waals surface area contributed by atoms with Crippen molar-refractivity contribution in [3.05, 3.63) is 33.0 Å². The summed E-state index contributed by atoms with van der Waals surface area (Å²) in [6.07, 6.45) is -0.829. The van der Waals surface area contributed by atoms with Crippen LogP contribution < -0.4 is 0 Å². The maximum Gasteiger partial charge on any atom is 0.256 e. The number of benzene rings is 1. The quantitative estimate of drug-likeness (QED) is 0.826. The minimum Gasteiger partial charge on any atom is -0.389 e.